The molecule has 1 aromatic rings. The molecule has 82 valence electrons. The molecular formula is C11H11N3O2. The second-order valence-corrected chi connectivity index (χ2v) is 3.62. The Morgan fingerprint density at radius 1 is 1.50 bits per heavy atom. The summed E-state index contributed by atoms with van der Waals surface area (Å²) in [6, 6.07) is 5.81. The number of anilines is 1. The van der Waals surface area contributed by atoms with E-state index in [1.54, 1.807) is 0 Å². The second kappa shape index (κ2) is 3.24. The summed E-state index contributed by atoms with van der Waals surface area (Å²) in [5, 5.41) is 3.88. The fourth-order valence-electron chi connectivity index (χ4n) is 1.82. The number of hydrogen-bond acceptors (Lipinski definition) is 5. The van der Waals surface area contributed by atoms with Crippen LogP contribution in [0.4, 0.5) is 5.69 Å². The summed E-state index contributed by atoms with van der Waals surface area (Å²) < 4.78 is 5.55. The third-order valence-electron chi connectivity index (χ3n) is 2.62. The quantitative estimate of drug-likeness (QED) is 0.766. The van der Waals surface area contributed by atoms with E-state index in [4.69, 9.17) is 15.3 Å². The van der Waals surface area contributed by atoms with Crippen LogP contribution in [-0.4, -0.2) is 12.4 Å². The van der Waals surface area contributed by atoms with Crippen molar-refractivity contribution in [1.82, 2.24) is 0 Å². The molecule has 2 N–H and O–H groups in total. The summed E-state index contributed by atoms with van der Waals surface area (Å²) in [6.07, 6.45) is 0. The highest BCUT2D eigenvalue weighted by Gasteiger charge is 2.32. The molecule has 0 bridgehead atoms. The molecule has 1 aromatic carbocycles. The van der Waals surface area contributed by atoms with Crippen LogP contribution in [-0.2, 0) is 11.4 Å². The van der Waals surface area contributed by atoms with Crippen molar-refractivity contribution in [2.45, 2.75) is 6.54 Å². The van der Waals surface area contributed by atoms with Gasteiger partial charge in [-0.1, -0.05) is 11.2 Å². The average molecular weight is 217 g/mol. The molecule has 0 unspecified atom stereocenters. The van der Waals surface area contributed by atoms with Gasteiger partial charge in [-0.05, 0) is 24.3 Å². The Balaban J connectivity index is 2.12. The minimum Gasteiger partial charge on any atom is -0.483 e. The predicted octanol–water partition coefficient (Wildman–Crippen LogP) is 1.16. The molecule has 0 radical (unpaired) electrons. The second-order valence-electron chi connectivity index (χ2n) is 3.62. The number of amidine groups is 1. The van der Waals surface area contributed by atoms with Crippen molar-refractivity contribution in [1.29, 1.82) is 0 Å². The smallest absolute Gasteiger partial charge is 0.228 e. The number of rotatable bonds is 1. The predicted molar refractivity (Wildman–Crippen MR) is 60.0 cm³/mol. The van der Waals surface area contributed by atoms with E-state index in [0.717, 1.165) is 17.0 Å². The van der Waals surface area contributed by atoms with Crippen LogP contribution in [0.15, 0.2) is 35.8 Å². The molecule has 0 fully saturated rings. The number of fused-ring (bicyclic) bond motifs is 3. The van der Waals surface area contributed by atoms with E-state index in [2.05, 4.69) is 11.7 Å². The zero-order valence-electron chi connectivity index (χ0n) is 8.64. The van der Waals surface area contributed by atoms with Crippen molar-refractivity contribution in [3.63, 3.8) is 0 Å². The fraction of sp³-hybridized carbons (Fsp3) is 0.182. The van der Waals surface area contributed by atoms with E-state index < -0.39 is 0 Å². The van der Waals surface area contributed by atoms with Crippen LogP contribution in [0.3, 0.4) is 0 Å². The van der Waals surface area contributed by atoms with Crippen LogP contribution < -0.4 is 15.4 Å². The van der Waals surface area contributed by atoms with Gasteiger partial charge in [-0.2, -0.15) is 0 Å². The van der Waals surface area contributed by atoms with Gasteiger partial charge in [0.1, 0.15) is 5.75 Å². The summed E-state index contributed by atoms with van der Waals surface area (Å²) >= 11 is 0. The molecule has 0 saturated carbocycles. The van der Waals surface area contributed by atoms with Gasteiger partial charge in [0.05, 0.1) is 5.69 Å². The van der Waals surface area contributed by atoms with Gasteiger partial charge >= 0.3 is 0 Å². The lowest BCUT2D eigenvalue weighted by molar-refractivity contribution is 0.246. The lowest BCUT2D eigenvalue weighted by Gasteiger charge is -2.26. The minimum absolute atomic E-state index is 0.397. The molecule has 3 rings (SSSR count). The maximum absolute atomic E-state index is 5.61. The summed E-state index contributed by atoms with van der Waals surface area (Å²) in [5.41, 5.74) is 7.53. The normalized spacial score (nSPS) is 17.2. The van der Waals surface area contributed by atoms with Gasteiger partial charge in [0, 0.05) is 6.54 Å². The first-order valence-electron chi connectivity index (χ1n) is 4.98. The summed E-state index contributed by atoms with van der Waals surface area (Å²) in [6.45, 7) is 4.68. The van der Waals surface area contributed by atoms with E-state index in [-0.39, 0.29) is 0 Å². The van der Waals surface area contributed by atoms with E-state index in [1.807, 2.05) is 23.1 Å². The lowest BCUT2D eigenvalue weighted by Crippen LogP contribution is -2.34. The van der Waals surface area contributed by atoms with Gasteiger partial charge in [0.15, 0.2) is 12.4 Å². The molecule has 2 heterocycles. The van der Waals surface area contributed by atoms with Crippen molar-refractivity contribution < 1.29 is 9.57 Å². The molecule has 0 saturated heterocycles. The first-order valence-corrected chi connectivity index (χ1v) is 4.98. The molecule has 0 atom stereocenters. The molecule has 0 aliphatic carbocycles. The van der Waals surface area contributed by atoms with Gasteiger partial charge in [0.2, 0.25) is 5.88 Å². The molecular weight excluding hydrogens is 206 g/mol. The first kappa shape index (κ1) is 9.23. The Hall–Kier alpha value is -2.01. The van der Waals surface area contributed by atoms with E-state index in [0.29, 0.717) is 24.9 Å². The minimum atomic E-state index is 0.397. The number of benzene rings is 1. The van der Waals surface area contributed by atoms with Crippen LogP contribution in [0.5, 0.6) is 5.75 Å². The van der Waals surface area contributed by atoms with Crippen molar-refractivity contribution in [3.05, 3.63) is 36.2 Å². The van der Waals surface area contributed by atoms with Gasteiger partial charge < -0.3 is 15.3 Å². The van der Waals surface area contributed by atoms with Crippen molar-refractivity contribution >= 4 is 11.5 Å². The Bertz CT molecular complexity index is 496. The Labute approximate surface area is 92.7 Å². The van der Waals surface area contributed by atoms with Crippen molar-refractivity contribution in [2.75, 3.05) is 11.5 Å². The third kappa shape index (κ3) is 1.18. The Morgan fingerprint density at radius 3 is 3.19 bits per heavy atom. The topological polar surface area (TPSA) is 60.1 Å². The fourth-order valence-corrected chi connectivity index (χ4v) is 1.82. The maximum atomic E-state index is 5.61. The molecule has 16 heavy (non-hydrogen) atoms. The number of ether oxygens (including phenoxy) is 1. The van der Waals surface area contributed by atoms with Gasteiger partial charge in [-0.15, -0.1) is 0 Å². The van der Waals surface area contributed by atoms with Crippen molar-refractivity contribution in [3.8, 4) is 5.75 Å². The van der Waals surface area contributed by atoms with Crippen LogP contribution in [0, 0.1) is 0 Å². The molecule has 5 heteroatoms. The third-order valence-corrected chi connectivity index (χ3v) is 2.62. The van der Waals surface area contributed by atoms with E-state index >= 15 is 0 Å². The summed E-state index contributed by atoms with van der Waals surface area (Å²) in [7, 11) is 0. The van der Waals surface area contributed by atoms with Crippen LogP contribution in [0.2, 0.25) is 0 Å². The van der Waals surface area contributed by atoms with E-state index in [9.17, 15) is 0 Å². The standard InChI is InChI=1S/C11H11N3O2/c1-7-14-9-4-8(5-12)2-3-10(9)15-6-11(14)13-16-7/h2-4H,1,5-6,12H2. The Morgan fingerprint density at radius 2 is 2.38 bits per heavy atom. The van der Waals surface area contributed by atoms with Gasteiger partial charge in [0.25, 0.3) is 0 Å². The number of nitrogens with zero attached hydrogens (tertiary/aromatic N) is 2. The van der Waals surface area contributed by atoms with Crippen molar-refractivity contribution in [2.24, 2.45) is 10.9 Å². The summed E-state index contributed by atoms with van der Waals surface area (Å²) in [4.78, 5) is 6.88. The average Bonchev–Trinajstić information content (AvgIpc) is 2.71. The first-order chi connectivity index (χ1) is 7.79. The molecule has 0 spiro atoms. The molecule has 2 aliphatic rings. The SMILES string of the molecule is C=C1ON=C2COc3ccc(CN)cc3N12. The molecule has 0 amide bonds. The highest BCUT2D eigenvalue weighted by atomic mass is 16.7. The number of oxime groups is 1. The highest BCUT2D eigenvalue weighted by molar-refractivity contribution is 6.04. The maximum Gasteiger partial charge on any atom is 0.228 e. The lowest BCUT2D eigenvalue weighted by atomic mass is 10.1. The number of nitrogens with two attached hydrogens (primary N) is 1. The zero-order valence-corrected chi connectivity index (χ0v) is 8.64. The van der Waals surface area contributed by atoms with Gasteiger partial charge in [-0.25, -0.2) is 0 Å². The summed E-state index contributed by atoms with van der Waals surface area (Å²) in [5.74, 6) is 2.00. The van der Waals surface area contributed by atoms with E-state index in [1.165, 1.54) is 0 Å². The molecule has 0 aromatic heterocycles. The zero-order chi connectivity index (χ0) is 11.1. The number of hydrogen-bond donors (Lipinski definition) is 1. The van der Waals surface area contributed by atoms with Crippen LogP contribution in [0.25, 0.3) is 0 Å². The van der Waals surface area contributed by atoms with Crippen LogP contribution >= 0.6 is 0 Å². The molecule has 2 aliphatic heterocycles. The molecule has 5 nitrogen and oxygen atoms in total. The highest BCUT2D eigenvalue weighted by Crippen LogP contribution is 2.37. The monoisotopic (exact) mass is 217 g/mol. The van der Waals surface area contributed by atoms with Gasteiger partial charge in [-0.3, -0.25) is 4.90 Å². The van der Waals surface area contributed by atoms with Crippen LogP contribution in [0.1, 0.15) is 5.56 Å². The largest absolute Gasteiger partial charge is 0.483 e. The Kier molecular flexibility index (Phi) is 1.87.